The largest absolute Gasteiger partial charge is 0.492 e. The van der Waals surface area contributed by atoms with Gasteiger partial charge in [0.25, 0.3) is 5.91 Å². The van der Waals surface area contributed by atoms with Crippen LogP contribution in [0, 0.1) is 6.92 Å². The third-order valence-corrected chi connectivity index (χ3v) is 4.12. The molecule has 0 atom stereocenters. The van der Waals surface area contributed by atoms with Crippen molar-refractivity contribution >= 4 is 5.91 Å². The van der Waals surface area contributed by atoms with Crippen molar-refractivity contribution in [2.75, 3.05) is 20.2 Å². The maximum absolute atomic E-state index is 12.5. The van der Waals surface area contributed by atoms with Gasteiger partial charge in [-0.25, -0.2) is 0 Å². The second kappa shape index (κ2) is 6.84. The number of rotatable bonds is 5. The molecule has 2 aromatic carbocycles. The quantitative estimate of drug-likeness (QED) is 0.923. The first-order valence-electron chi connectivity index (χ1n) is 7.91. The van der Waals surface area contributed by atoms with Gasteiger partial charge in [0.2, 0.25) is 0 Å². The number of likely N-dealkylation sites (N-methyl/N-ethyl adjacent to an activating group) is 1. The van der Waals surface area contributed by atoms with Crippen LogP contribution >= 0.6 is 0 Å². The Hall–Kier alpha value is -2.33. The topological polar surface area (TPSA) is 41.6 Å². The Kier molecular flexibility index (Phi) is 4.63. The van der Waals surface area contributed by atoms with Gasteiger partial charge in [-0.3, -0.25) is 4.79 Å². The number of fused-ring (bicyclic) bond motifs is 1. The zero-order chi connectivity index (χ0) is 16.2. The van der Waals surface area contributed by atoms with E-state index in [1.165, 1.54) is 16.7 Å². The molecule has 0 aromatic heterocycles. The molecule has 23 heavy (non-hydrogen) atoms. The fraction of sp³-hybridized carbons (Fsp3) is 0.316. The summed E-state index contributed by atoms with van der Waals surface area (Å²) in [5.41, 5.74) is 4.41. The molecule has 0 radical (unpaired) electrons. The van der Waals surface area contributed by atoms with Gasteiger partial charge in [0, 0.05) is 25.7 Å². The highest BCUT2D eigenvalue weighted by molar-refractivity contribution is 5.94. The Morgan fingerprint density at radius 3 is 2.83 bits per heavy atom. The highest BCUT2D eigenvalue weighted by Gasteiger charge is 2.16. The molecule has 0 bridgehead atoms. The molecule has 4 nitrogen and oxygen atoms in total. The SMILES string of the molecule is Cc1cccc(OCCN(C)C(=O)c2ccc3c(c2)CNC3)c1. The average Bonchev–Trinajstić information content (AvgIpc) is 3.01. The highest BCUT2D eigenvalue weighted by atomic mass is 16.5. The minimum atomic E-state index is 0.0348. The molecule has 1 amide bonds. The summed E-state index contributed by atoms with van der Waals surface area (Å²) < 4.78 is 5.71. The fourth-order valence-corrected chi connectivity index (χ4v) is 2.76. The number of amides is 1. The van der Waals surface area contributed by atoms with Crippen LogP contribution in [0.15, 0.2) is 42.5 Å². The van der Waals surface area contributed by atoms with E-state index in [4.69, 9.17) is 4.74 Å². The van der Waals surface area contributed by atoms with Gasteiger partial charge >= 0.3 is 0 Å². The van der Waals surface area contributed by atoms with E-state index in [9.17, 15) is 4.79 Å². The van der Waals surface area contributed by atoms with Gasteiger partial charge in [0.05, 0.1) is 6.54 Å². The van der Waals surface area contributed by atoms with E-state index >= 15 is 0 Å². The molecule has 1 aliphatic heterocycles. The third kappa shape index (κ3) is 3.71. The van der Waals surface area contributed by atoms with Crippen molar-refractivity contribution in [2.24, 2.45) is 0 Å². The van der Waals surface area contributed by atoms with Crippen LogP contribution in [0.5, 0.6) is 5.75 Å². The molecule has 4 heteroatoms. The molecule has 3 rings (SSSR count). The van der Waals surface area contributed by atoms with Gasteiger partial charge in [0.15, 0.2) is 0 Å². The first-order chi connectivity index (χ1) is 11.1. The molecule has 1 N–H and O–H groups in total. The van der Waals surface area contributed by atoms with Crippen LogP contribution in [0.3, 0.4) is 0 Å². The van der Waals surface area contributed by atoms with E-state index in [1.54, 1.807) is 4.90 Å². The smallest absolute Gasteiger partial charge is 0.253 e. The molecule has 1 heterocycles. The fourth-order valence-electron chi connectivity index (χ4n) is 2.76. The summed E-state index contributed by atoms with van der Waals surface area (Å²) in [6.07, 6.45) is 0. The molecule has 120 valence electrons. The van der Waals surface area contributed by atoms with Crippen molar-refractivity contribution in [2.45, 2.75) is 20.0 Å². The van der Waals surface area contributed by atoms with Crippen molar-refractivity contribution in [3.8, 4) is 5.75 Å². The van der Waals surface area contributed by atoms with Crippen molar-refractivity contribution in [1.29, 1.82) is 0 Å². The number of hydrogen-bond acceptors (Lipinski definition) is 3. The molecule has 0 fully saturated rings. The van der Waals surface area contributed by atoms with Crippen molar-refractivity contribution < 1.29 is 9.53 Å². The van der Waals surface area contributed by atoms with Gasteiger partial charge in [0.1, 0.15) is 12.4 Å². The Morgan fingerprint density at radius 1 is 1.17 bits per heavy atom. The number of benzene rings is 2. The summed E-state index contributed by atoms with van der Waals surface area (Å²) in [6.45, 7) is 4.81. The molecule has 1 aliphatic rings. The Morgan fingerprint density at radius 2 is 2.00 bits per heavy atom. The first kappa shape index (κ1) is 15.6. The average molecular weight is 310 g/mol. The minimum absolute atomic E-state index is 0.0348. The van der Waals surface area contributed by atoms with Crippen LogP contribution < -0.4 is 10.1 Å². The molecule has 0 spiro atoms. The van der Waals surface area contributed by atoms with Crippen LogP contribution in [0.25, 0.3) is 0 Å². The van der Waals surface area contributed by atoms with Crippen molar-refractivity contribution in [3.05, 3.63) is 64.7 Å². The van der Waals surface area contributed by atoms with Crippen LogP contribution in [0.4, 0.5) is 0 Å². The molecular formula is C19H22N2O2. The lowest BCUT2D eigenvalue weighted by molar-refractivity contribution is 0.0773. The zero-order valence-corrected chi connectivity index (χ0v) is 13.6. The van der Waals surface area contributed by atoms with Crippen LogP contribution in [0.1, 0.15) is 27.0 Å². The lowest BCUT2D eigenvalue weighted by Crippen LogP contribution is -2.31. The van der Waals surface area contributed by atoms with E-state index in [2.05, 4.69) is 5.32 Å². The predicted molar refractivity (Wildman–Crippen MR) is 90.6 cm³/mol. The number of nitrogens with one attached hydrogen (secondary N) is 1. The summed E-state index contributed by atoms with van der Waals surface area (Å²) in [5.74, 6) is 0.877. The monoisotopic (exact) mass is 310 g/mol. The lowest BCUT2D eigenvalue weighted by atomic mass is 10.1. The van der Waals surface area contributed by atoms with Crippen LogP contribution in [0.2, 0.25) is 0 Å². The predicted octanol–water partition coefficient (Wildman–Crippen LogP) is 2.75. The van der Waals surface area contributed by atoms with E-state index in [0.717, 1.165) is 24.4 Å². The van der Waals surface area contributed by atoms with E-state index in [0.29, 0.717) is 13.2 Å². The lowest BCUT2D eigenvalue weighted by Gasteiger charge is -2.18. The second-order valence-electron chi connectivity index (χ2n) is 5.98. The van der Waals surface area contributed by atoms with Crippen LogP contribution in [-0.2, 0) is 13.1 Å². The van der Waals surface area contributed by atoms with Crippen LogP contribution in [-0.4, -0.2) is 31.0 Å². The first-order valence-corrected chi connectivity index (χ1v) is 7.91. The zero-order valence-electron chi connectivity index (χ0n) is 13.6. The van der Waals surface area contributed by atoms with Gasteiger partial charge in [-0.15, -0.1) is 0 Å². The number of carbonyl (C=O) groups is 1. The Labute approximate surface area is 137 Å². The molecule has 0 saturated carbocycles. The molecule has 0 saturated heterocycles. The number of ether oxygens (including phenoxy) is 1. The minimum Gasteiger partial charge on any atom is -0.492 e. The molecular weight excluding hydrogens is 288 g/mol. The summed E-state index contributed by atoms with van der Waals surface area (Å²) >= 11 is 0. The normalized spacial score (nSPS) is 12.8. The molecule has 2 aromatic rings. The summed E-state index contributed by atoms with van der Waals surface area (Å²) in [4.78, 5) is 14.2. The Balaban J connectivity index is 1.55. The van der Waals surface area contributed by atoms with E-state index in [1.807, 2.05) is 56.4 Å². The second-order valence-corrected chi connectivity index (χ2v) is 5.98. The molecule has 0 aliphatic carbocycles. The number of hydrogen-bond donors (Lipinski definition) is 1. The number of carbonyl (C=O) groups excluding carboxylic acids is 1. The van der Waals surface area contributed by atoms with E-state index < -0.39 is 0 Å². The summed E-state index contributed by atoms with van der Waals surface area (Å²) in [5, 5.41) is 3.30. The van der Waals surface area contributed by atoms with Crippen molar-refractivity contribution in [1.82, 2.24) is 10.2 Å². The number of nitrogens with zero attached hydrogens (tertiary/aromatic N) is 1. The van der Waals surface area contributed by atoms with Gasteiger partial charge in [-0.05, 0) is 47.9 Å². The van der Waals surface area contributed by atoms with Crippen molar-refractivity contribution in [3.63, 3.8) is 0 Å². The highest BCUT2D eigenvalue weighted by Crippen LogP contribution is 2.18. The van der Waals surface area contributed by atoms with E-state index in [-0.39, 0.29) is 5.91 Å². The molecule has 0 unspecified atom stereocenters. The summed E-state index contributed by atoms with van der Waals surface area (Å²) in [7, 11) is 1.81. The van der Waals surface area contributed by atoms with Gasteiger partial charge in [-0.2, -0.15) is 0 Å². The number of aryl methyl sites for hydroxylation is 1. The summed E-state index contributed by atoms with van der Waals surface area (Å²) in [6, 6.07) is 13.9. The standard InChI is InChI=1S/C19H22N2O2/c1-14-4-3-5-18(10-14)23-9-8-21(2)19(22)15-6-7-16-12-20-13-17(16)11-15/h3-7,10-11,20H,8-9,12-13H2,1-2H3. The van der Waals surface area contributed by atoms with Gasteiger partial charge in [-0.1, -0.05) is 18.2 Å². The van der Waals surface area contributed by atoms with Gasteiger partial charge < -0.3 is 15.0 Å². The third-order valence-electron chi connectivity index (χ3n) is 4.12. The maximum atomic E-state index is 12.5. The maximum Gasteiger partial charge on any atom is 0.253 e. The Bertz CT molecular complexity index is 712.